The minimum Gasteiger partial charge on any atom is -0.489 e. The molecule has 0 saturated carbocycles. The third-order valence-corrected chi connectivity index (χ3v) is 4.77. The highest BCUT2D eigenvalue weighted by Crippen LogP contribution is 2.18. The predicted molar refractivity (Wildman–Crippen MR) is 106 cm³/mol. The molecule has 1 heterocycles. The van der Waals surface area contributed by atoms with E-state index in [1.165, 1.54) is 0 Å². The van der Waals surface area contributed by atoms with Crippen molar-refractivity contribution in [3.63, 3.8) is 0 Å². The molecule has 1 unspecified atom stereocenters. The first-order valence-corrected chi connectivity index (χ1v) is 9.08. The largest absolute Gasteiger partial charge is 0.489 e. The molecule has 27 heavy (non-hydrogen) atoms. The Balaban J connectivity index is 1.58. The molecule has 0 radical (unpaired) electrons. The summed E-state index contributed by atoms with van der Waals surface area (Å²) in [6.45, 7) is 4.37. The second kappa shape index (κ2) is 8.27. The van der Waals surface area contributed by atoms with Gasteiger partial charge in [0.2, 0.25) is 0 Å². The van der Waals surface area contributed by atoms with Gasteiger partial charge in [0.05, 0.1) is 12.2 Å². The second-order valence-electron chi connectivity index (χ2n) is 6.44. The standard InChI is InChI=1S/C21H22ClN3O2/c1-14(20-12-23-25(3)15(20)2)24-21(26)17-6-4-16(5-7-17)13-27-19-10-8-18(22)9-11-19/h4-12,14H,13H2,1-3H3,(H,24,26). The Bertz CT molecular complexity index is 918. The Hall–Kier alpha value is -2.79. The van der Waals surface area contributed by atoms with Gasteiger partial charge in [0, 0.05) is 28.9 Å². The maximum absolute atomic E-state index is 12.5. The van der Waals surface area contributed by atoms with Crippen molar-refractivity contribution >= 4 is 17.5 Å². The number of benzene rings is 2. The van der Waals surface area contributed by atoms with Crippen LogP contribution in [-0.4, -0.2) is 15.7 Å². The first kappa shape index (κ1) is 19.0. The number of rotatable bonds is 6. The molecule has 1 N–H and O–H groups in total. The van der Waals surface area contributed by atoms with Crippen LogP contribution in [0.1, 0.15) is 40.1 Å². The normalized spacial score (nSPS) is 11.9. The Morgan fingerprint density at radius 1 is 1.19 bits per heavy atom. The summed E-state index contributed by atoms with van der Waals surface area (Å²) in [7, 11) is 1.89. The van der Waals surface area contributed by atoms with Gasteiger partial charge in [-0.05, 0) is 55.8 Å². The molecule has 6 heteroatoms. The zero-order chi connectivity index (χ0) is 19.4. The van der Waals surface area contributed by atoms with Gasteiger partial charge in [0.15, 0.2) is 0 Å². The van der Waals surface area contributed by atoms with Crippen LogP contribution in [0.15, 0.2) is 54.7 Å². The van der Waals surface area contributed by atoms with Gasteiger partial charge in [-0.25, -0.2) is 0 Å². The molecule has 0 saturated heterocycles. The van der Waals surface area contributed by atoms with Crippen molar-refractivity contribution < 1.29 is 9.53 Å². The van der Waals surface area contributed by atoms with Gasteiger partial charge in [-0.3, -0.25) is 9.48 Å². The molecule has 0 fully saturated rings. The lowest BCUT2D eigenvalue weighted by molar-refractivity contribution is 0.0939. The molecule has 0 spiro atoms. The van der Waals surface area contributed by atoms with E-state index >= 15 is 0 Å². The fraction of sp³-hybridized carbons (Fsp3) is 0.238. The number of aromatic nitrogens is 2. The van der Waals surface area contributed by atoms with E-state index in [-0.39, 0.29) is 11.9 Å². The van der Waals surface area contributed by atoms with Crippen molar-refractivity contribution in [2.75, 3.05) is 0 Å². The zero-order valence-electron chi connectivity index (χ0n) is 15.6. The summed E-state index contributed by atoms with van der Waals surface area (Å²) in [4.78, 5) is 12.5. The van der Waals surface area contributed by atoms with E-state index in [2.05, 4.69) is 10.4 Å². The van der Waals surface area contributed by atoms with E-state index in [9.17, 15) is 4.79 Å². The molecule has 140 valence electrons. The van der Waals surface area contributed by atoms with Gasteiger partial charge >= 0.3 is 0 Å². The lowest BCUT2D eigenvalue weighted by Gasteiger charge is -2.14. The number of nitrogens with one attached hydrogen (secondary N) is 1. The fourth-order valence-electron chi connectivity index (χ4n) is 2.75. The molecule has 0 aliphatic rings. The van der Waals surface area contributed by atoms with Gasteiger partial charge in [-0.2, -0.15) is 5.10 Å². The van der Waals surface area contributed by atoms with Crippen molar-refractivity contribution in [3.05, 3.63) is 82.1 Å². The minimum atomic E-state index is -0.115. The number of ether oxygens (including phenoxy) is 1. The van der Waals surface area contributed by atoms with Crippen molar-refractivity contribution in [2.24, 2.45) is 7.05 Å². The number of hydrogen-bond acceptors (Lipinski definition) is 3. The SMILES string of the molecule is Cc1c(C(C)NC(=O)c2ccc(COc3ccc(Cl)cc3)cc2)cnn1C. The molecular formula is C21H22ClN3O2. The summed E-state index contributed by atoms with van der Waals surface area (Å²) in [5, 5.41) is 7.91. The summed E-state index contributed by atoms with van der Waals surface area (Å²) < 4.78 is 7.52. The van der Waals surface area contributed by atoms with Gasteiger partial charge in [0.25, 0.3) is 5.91 Å². The maximum Gasteiger partial charge on any atom is 0.251 e. The number of aryl methyl sites for hydroxylation is 1. The summed E-state index contributed by atoms with van der Waals surface area (Å²) in [5.74, 6) is 0.637. The Kier molecular flexibility index (Phi) is 5.81. The highest BCUT2D eigenvalue weighted by Gasteiger charge is 2.15. The molecule has 3 rings (SSSR count). The number of halogens is 1. The van der Waals surface area contributed by atoms with Crippen molar-refractivity contribution in [1.29, 1.82) is 0 Å². The van der Waals surface area contributed by atoms with E-state index in [0.717, 1.165) is 22.6 Å². The molecule has 0 aliphatic heterocycles. The number of carbonyl (C=O) groups excluding carboxylic acids is 1. The van der Waals surface area contributed by atoms with Gasteiger partial charge < -0.3 is 10.1 Å². The monoisotopic (exact) mass is 383 g/mol. The maximum atomic E-state index is 12.5. The smallest absolute Gasteiger partial charge is 0.251 e. The molecule has 1 amide bonds. The number of amides is 1. The van der Waals surface area contributed by atoms with Gasteiger partial charge in [0.1, 0.15) is 12.4 Å². The van der Waals surface area contributed by atoms with E-state index in [4.69, 9.17) is 16.3 Å². The molecule has 0 bridgehead atoms. The first-order chi connectivity index (χ1) is 12.9. The van der Waals surface area contributed by atoms with Crippen LogP contribution in [-0.2, 0) is 13.7 Å². The van der Waals surface area contributed by atoms with Crippen molar-refractivity contribution in [2.45, 2.75) is 26.5 Å². The van der Waals surface area contributed by atoms with E-state index < -0.39 is 0 Å². The van der Waals surface area contributed by atoms with Crippen molar-refractivity contribution in [1.82, 2.24) is 15.1 Å². The summed E-state index contributed by atoms with van der Waals surface area (Å²) >= 11 is 5.86. The average Bonchev–Trinajstić information content (AvgIpc) is 3.00. The topological polar surface area (TPSA) is 56.1 Å². The Labute approximate surface area is 163 Å². The van der Waals surface area contributed by atoms with Crippen LogP contribution in [0, 0.1) is 6.92 Å². The van der Waals surface area contributed by atoms with Crippen LogP contribution in [0.25, 0.3) is 0 Å². The van der Waals surface area contributed by atoms with E-state index in [1.807, 2.05) is 45.2 Å². The second-order valence-corrected chi connectivity index (χ2v) is 6.88. The van der Waals surface area contributed by atoms with Crippen molar-refractivity contribution in [3.8, 4) is 5.75 Å². The van der Waals surface area contributed by atoms with E-state index in [1.54, 1.807) is 35.1 Å². The number of carbonyl (C=O) groups is 1. The number of hydrogen-bond donors (Lipinski definition) is 1. The quantitative estimate of drug-likeness (QED) is 0.684. The zero-order valence-corrected chi connectivity index (χ0v) is 16.3. The highest BCUT2D eigenvalue weighted by atomic mass is 35.5. The lowest BCUT2D eigenvalue weighted by Crippen LogP contribution is -2.26. The molecular weight excluding hydrogens is 362 g/mol. The lowest BCUT2D eigenvalue weighted by atomic mass is 10.1. The molecule has 3 aromatic rings. The average molecular weight is 384 g/mol. The molecule has 1 aromatic heterocycles. The van der Waals surface area contributed by atoms with Crippen LogP contribution >= 0.6 is 11.6 Å². The molecule has 5 nitrogen and oxygen atoms in total. The predicted octanol–water partition coefficient (Wildman–Crippen LogP) is 4.45. The van der Waals surface area contributed by atoms with Crippen LogP contribution < -0.4 is 10.1 Å². The van der Waals surface area contributed by atoms with Gasteiger partial charge in [-0.15, -0.1) is 0 Å². The Morgan fingerprint density at radius 3 is 2.44 bits per heavy atom. The van der Waals surface area contributed by atoms with Crippen LogP contribution in [0.3, 0.4) is 0 Å². The van der Waals surface area contributed by atoms with Crippen LogP contribution in [0.4, 0.5) is 0 Å². The number of nitrogens with zero attached hydrogens (tertiary/aromatic N) is 2. The molecule has 0 aliphatic carbocycles. The third kappa shape index (κ3) is 4.68. The third-order valence-electron chi connectivity index (χ3n) is 4.52. The first-order valence-electron chi connectivity index (χ1n) is 8.70. The highest BCUT2D eigenvalue weighted by molar-refractivity contribution is 6.30. The molecule has 1 atom stereocenters. The molecule has 2 aromatic carbocycles. The Morgan fingerprint density at radius 2 is 1.85 bits per heavy atom. The van der Waals surface area contributed by atoms with E-state index in [0.29, 0.717) is 17.2 Å². The van der Waals surface area contributed by atoms with Crippen LogP contribution in [0.2, 0.25) is 5.02 Å². The summed E-state index contributed by atoms with van der Waals surface area (Å²) in [6, 6.07) is 14.5. The fourth-order valence-corrected chi connectivity index (χ4v) is 2.87. The summed E-state index contributed by atoms with van der Waals surface area (Å²) in [6.07, 6.45) is 1.79. The van der Waals surface area contributed by atoms with Crippen LogP contribution in [0.5, 0.6) is 5.75 Å². The summed E-state index contributed by atoms with van der Waals surface area (Å²) in [5.41, 5.74) is 3.65. The van der Waals surface area contributed by atoms with Gasteiger partial charge in [-0.1, -0.05) is 23.7 Å². The minimum absolute atomic E-state index is 0.112.